The van der Waals surface area contributed by atoms with Gasteiger partial charge in [0.05, 0.1) is 16.0 Å². The van der Waals surface area contributed by atoms with E-state index in [1.165, 1.54) is 30.5 Å². The van der Waals surface area contributed by atoms with Gasteiger partial charge in [-0.3, -0.25) is 10.1 Å². The minimum absolute atomic E-state index is 0.0741. The van der Waals surface area contributed by atoms with Crippen molar-refractivity contribution < 1.29 is 9.66 Å². The highest BCUT2D eigenvalue weighted by Crippen LogP contribution is 2.33. The zero-order valence-corrected chi connectivity index (χ0v) is 10.2. The SMILES string of the molecule is N#Cc1ncccc1Oc1cc([N+](=O)[O-])ccc1Cl. The zero-order valence-electron chi connectivity index (χ0n) is 9.41. The predicted molar refractivity (Wildman–Crippen MR) is 67.1 cm³/mol. The Balaban J connectivity index is 2.41. The Morgan fingerprint density at radius 1 is 1.37 bits per heavy atom. The van der Waals surface area contributed by atoms with Crippen LogP contribution >= 0.6 is 11.6 Å². The summed E-state index contributed by atoms with van der Waals surface area (Å²) in [7, 11) is 0. The van der Waals surface area contributed by atoms with Crippen molar-refractivity contribution in [3.8, 4) is 17.6 Å². The molecule has 1 heterocycles. The summed E-state index contributed by atoms with van der Waals surface area (Å²) >= 11 is 5.90. The monoisotopic (exact) mass is 275 g/mol. The van der Waals surface area contributed by atoms with Crippen LogP contribution in [0.5, 0.6) is 11.5 Å². The van der Waals surface area contributed by atoms with Crippen molar-refractivity contribution in [2.24, 2.45) is 0 Å². The Bertz CT molecular complexity index is 682. The Labute approximate surface area is 113 Å². The van der Waals surface area contributed by atoms with Gasteiger partial charge >= 0.3 is 0 Å². The molecule has 2 aromatic rings. The Kier molecular flexibility index (Phi) is 3.59. The number of non-ortho nitro benzene ring substituents is 1. The third-order valence-electron chi connectivity index (χ3n) is 2.22. The molecule has 0 fully saturated rings. The van der Waals surface area contributed by atoms with Gasteiger partial charge in [0.25, 0.3) is 5.69 Å². The largest absolute Gasteiger partial charge is 0.452 e. The van der Waals surface area contributed by atoms with Crippen LogP contribution < -0.4 is 4.74 Å². The lowest BCUT2D eigenvalue weighted by atomic mass is 10.3. The van der Waals surface area contributed by atoms with Gasteiger partial charge in [0.2, 0.25) is 0 Å². The zero-order chi connectivity index (χ0) is 13.8. The lowest BCUT2D eigenvalue weighted by Gasteiger charge is -2.07. The highest BCUT2D eigenvalue weighted by molar-refractivity contribution is 6.32. The number of hydrogen-bond donors (Lipinski definition) is 0. The molecule has 0 aliphatic carbocycles. The van der Waals surface area contributed by atoms with Gasteiger partial charge in [0.15, 0.2) is 17.2 Å². The van der Waals surface area contributed by atoms with Gasteiger partial charge < -0.3 is 4.74 Å². The minimum atomic E-state index is -0.558. The smallest absolute Gasteiger partial charge is 0.273 e. The van der Waals surface area contributed by atoms with E-state index in [4.69, 9.17) is 21.6 Å². The summed E-state index contributed by atoms with van der Waals surface area (Å²) in [5, 5.41) is 19.8. The molecule has 0 N–H and O–H groups in total. The average molecular weight is 276 g/mol. The van der Waals surface area contributed by atoms with E-state index in [9.17, 15) is 10.1 Å². The van der Waals surface area contributed by atoms with Gasteiger partial charge in [-0.15, -0.1) is 0 Å². The fourth-order valence-corrected chi connectivity index (χ4v) is 1.52. The summed E-state index contributed by atoms with van der Waals surface area (Å²) in [6.45, 7) is 0. The van der Waals surface area contributed by atoms with Crippen molar-refractivity contribution >= 4 is 17.3 Å². The highest BCUT2D eigenvalue weighted by Gasteiger charge is 2.13. The molecule has 1 aromatic carbocycles. The summed E-state index contributed by atoms with van der Waals surface area (Å²) in [6.07, 6.45) is 1.44. The molecule has 94 valence electrons. The van der Waals surface area contributed by atoms with Gasteiger partial charge in [-0.05, 0) is 18.2 Å². The third-order valence-corrected chi connectivity index (χ3v) is 2.53. The molecule has 7 heteroatoms. The molecule has 19 heavy (non-hydrogen) atoms. The molecular formula is C12H6ClN3O3. The van der Waals surface area contributed by atoms with Crippen molar-refractivity contribution in [2.75, 3.05) is 0 Å². The molecule has 0 unspecified atom stereocenters. The third kappa shape index (κ3) is 2.78. The molecule has 2 rings (SSSR count). The Morgan fingerprint density at radius 3 is 2.84 bits per heavy atom. The maximum Gasteiger partial charge on any atom is 0.273 e. The number of benzene rings is 1. The maximum absolute atomic E-state index is 10.7. The van der Waals surface area contributed by atoms with Crippen molar-refractivity contribution in [1.82, 2.24) is 4.98 Å². The Hall–Kier alpha value is -2.65. The van der Waals surface area contributed by atoms with Crippen molar-refractivity contribution in [1.29, 1.82) is 5.26 Å². The van der Waals surface area contributed by atoms with Gasteiger partial charge in [0.1, 0.15) is 6.07 Å². The van der Waals surface area contributed by atoms with Crippen molar-refractivity contribution in [3.05, 3.63) is 57.4 Å². The van der Waals surface area contributed by atoms with Crippen LogP contribution in [0.4, 0.5) is 5.69 Å². The molecule has 0 radical (unpaired) electrons. The lowest BCUT2D eigenvalue weighted by molar-refractivity contribution is -0.384. The molecule has 0 aliphatic rings. The number of rotatable bonds is 3. The van der Waals surface area contributed by atoms with Crippen molar-refractivity contribution in [2.45, 2.75) is 0 Å². The molecule has 0 spiro atoms. The number of nitrogens with zero attached hydrogens (tertiary/aromatic N) is 3. The minimum Gasteiger partial charge on any atom is -0.452 e. The second kappa shape index (κ2) is 5.33. The van der Waals surface area contributed by atoms with Gasteiger partial charge in [0, 0.05) is 12.3 Å². The standard InChI is InChI=1S/C12H6ClN3O3/c13-9-4-3-8(16(17)18)6-12(9)19-11-2-1-5-15-10(11)7-14/h1-6H. The number of aromatic nitrogens is 1. The van der Waals surface area contributed by atoms with Crippen LogP contribution in [-0.4, -0.2) is 9.91 Å². The molecule has 0 saturated heterocycles. The lowest BCUT2D eigenvalue weighted by Crippen LogP contribution is -1.93. The summed E-state index contributed by atoms with van der Waals surface area (Å²) < 4.78 is 5.40. The van der Waals surface area contributed by atoms with Gasteiger partial charge in [-0.25, -0.2) is 4.98 Å². The van der Waals surface area contributed by atoms with Crippen LogP contribution in [0.1, 0.15) is 5.69 Å². The molecular weight excluding hydrogens is 270 g/mol. The van der Waals surface area contributed by atoms with E-state index in [0.29, 0.717) is 0 Å². The summed E-state index contributed by atoms with van der Waals surface area (Å²) in [6, 6.07) is 8.79. The van der Waals surface area contributed by atoms with E-state index < -0.39 is 4.92 Å². The Morgan fingerprint density at radius 2 is 2.16 bits per heavy atom. The second-order valence-corrected chi connectivity index (χ2v) is 3.84. The first-order chi connectivity index (χ1) is 9.11. The summed E-state index contributed by atoms with van der Waals surface area (Å²) in [4.78, 5) is 13.9. The number of nitriles is 1. The van der Waals surface area contributed by atoms with E-state index in [0.717, 1.165) is 0 Å². The van der Waals surface area contributed by atoms with E-state index >= 15 is 0 Å². The molecule has 0 saturated carbocycles. The normalized spacial score (nSPS) is 9.68. The number of halogens is 1. The fraction of sp³-hybridized carbons (Fsp3) is 0. The topological polar surface area (TPSA) is 89.0 Å². The number of ether oxygens (including phenoxy) is 1. The van der Waals surface area contributed by atoms with Crippen LogP contribution in [0.25, 0.3) is 0 Å². The van der Waals surface area contributed by atoms with E-state index in [1.54, 1.807) is 6.07 Å². The summed E-state index contributed by atoms with van der Waals surface area (Å²) in [5.41, 5.74) is -0.0770. The maximum atomic E-state index is 10.7. The average Bonchev–Trinajstić information content (AvgIpc) is 2.41. The number of pyridine rings is 1. The predicted octanol–water partition coefficient (Wildman–Crippen LogP) is 3.31. The van der Waals surface area contributed by atoms with Crippen LogP contribution in [-0.2, 0) is 0 Å². The second-order valence-electron chi connectivity index (χ2n) is 3.44. The summed E-state index contributed by atoms with van der Waals surface area (Å²) in [5.74, 6) is 0.285. The first-order valence-corrected chi connectivity index (χ1v) is 5.46. The van der Waals surface area contributed by atoms with E-state index in [2.05, 4.69) is 4.98 Å². The molecule has 0 aliphatic heterocycles. The highest BCUT2D eigenvalue weighted by atomic mass is 35.5. The van der Waals surface area contributed by atoms with Crippen LogP contribution in [0.3, 0.4) is 0 Å². The fourth-order valence-electron chi connectivity index (χ4n) is 1.36. The van der Waals surface area contributed by atoms with Crippen LogP contribution in [0.2, 0.25) is 5.02 Å². The molecule has 0 bridgehead atoms. The molecule has 6 nitrogen and oxygen atoms in total. The molecule has 1 aromatic heterocycles. The number of nitro benzene ring substituents is 1. The van der Waals surface area contributed by atoms with Crippen LogP contribution in [0, 0.1) is 21.4 Å². The number of nitro groups is 1. The van der Waals surface area contributed by atoms with Crippen LogP contribution in [0.15, 0.2) is 36.5 Å². The van der Waals surface area contributed by atoms with Crippen molar-refractivity contribution in [3.63, 3.8) is 0 Å². The molecule has 0 amide bonds. The van der Waals surface area contributed by atoms with E-state index in [-0.39, 0.29) is 27.9 Å². The van der Waals surface area contributed by atoms with E-state index in [1.807, 2.05) is 6.07 Å². The van der Waals surface area contributed by atoms with Gasteiger partial charge in [-0.1, -0.05) is 11.6 Å². The quantitative estimate of drug-likeness (QED) is 0.633. The first kappa shape index (κ1) is 12.8. The number of hydrogen-bond acceptors (Lipinski definition) is 5. The molecule has 0 atom stereocenters. The first-order valence-electron chi connectivity index (χ1n) is 5.08. The van der Waals surface area contributed by atoms with Gasteiger partial charge in [-0.2, -0.15) is 5.26 Å².